The molecule has 0 aliphatic carbocycles. The van der Waals surface area contributed by atoms with E-state index in [1.165, 1.54) is 21.9 Å². The summed E-state index contributed by atoms with van der Waals surface area (Å²) in [6, 6.07) is 33.7. The largest absolute Gasteiger partial charge is 0.451 e. The van der Waals surface area contributed by atoms with E-state index in [9.17, 15) is 18.0 Å². The second kappa shape index (κ2) is 10.8. The molecule has 4 aromatic rings. The predicted molar refractivity (Wildman–Crippen MR) is 138 cm³/mol. The first-order valence-corrected chi connectivity index (χ1v) is 13.2. The van der Waals surface area contributed by atoms with Crippen molar-refractivity contribution in [1.82, 2.24) is 0 Å². The Morgan fingerprint density at radius 2 is 1.17 bits per heavy atom. The molecule has 0 atom stereocenters. The molecule has 36 heavy (non-hydrogen) atoms. The van der Waals surface area contributed by atoms with Crippen LogP contribution in [0.25, 0.3) is 0 Å². The predicted octanol–water partition coefficient (Wildman–Crippen LogP) is 8.49. The third-order valence-electron chi connectivity index (χ3n) is 5.41. The highest BCUT2D eigenvalue weighted by Crippen LogP contribution is 2.38. The van der Waals surface area contributed by atoms with Crippen LogP contribution in [-0.2, 0) is 21.2 Å². The number of benzene rings is 4. The molecule has 0 aromatic heterocycles. The molecule has 0 radical (unpaired) electrons. The van der Waals surface area contributed by atoms with Gasteiger partial charge in [0.2, 0.25) is 0 Å². The second-order valence-electron chi connectivity index (χ2n) is 8.43. The van der Waals surface area contributed by atoms with E-state index in [0.717, 1.165) is 4.90 Å². The molecule has 0 heterocycles. The van der Waals surface area contributed by atoms with E-state index >= 15 is 0 Å². The van der Waals surface area contributed by atoms with Crippen LogP contribution < -0.4 is 0 Å². The van der Waals surface area contributed by atoms with Crippen molar-refractivity contribution in [2.45, 2.75) is 44.5 Å². The molecule has 0 spiro atoms. The van der Waals surface area contributed by atoms with Gasteiger partial charge in [-0.3, -0.25) is 0 Å². The number of rotatable bonds is 7. The summed E-state index contributed by atoms with van der Waals surface area (Å²) in [5, 5.41) is 0. The summed E-state index contributed by atoms with van der Waals surface area (Å²) in [4.78, 5) is 16.4. The number of alkyl halides is 3. The third kappa shape index (κ3) is 6.53. The maximum absolute atomic E-state index is 12.9. The van der Waals surface area contributed by atoms with Crippen molar-refractivity contribution in [3.8, 4) is 0 Å². The normalized spacial score (nSPS) is 11.9. The van der Waals surface area contributed by atoms with Gasteiger partial charge in [0.15, 0.2) is 14.7 Å². The molecule has 0 N–H and O–H groups in total. The first-order chi connectivity index (χ1) is 17.1. The van der Waals surface area contributed by atoms with Gasteiger partial charge in [0.1, 0.15) is 5.60 Å². The summed E-state index contributed by atoms with van der Waals surface area (Å²) in [5.41, 5.74) is -4.36. The fourth-order valence-electron chi connectivity index (χ4n) is 3.66. The van der Waals surface area contributed by atoms with Crippen LogP contribution in [0, 0.1) is 0 Å². The van der Waals surface area contributed by atoms with Crippen molar-refractivity contribution >= 4 is 28.6 Å². The summed E-state index contributed by atoms with van der Waals surface area (Å²) >= 11 is -0.176. The molecule has 7 heteroatoms. The maximum Gasteiger partial charge on any atom is 0.446 e. The fourth-order valence-corrected chi connectivity index (χ4v) is 6.28. The number of carbonyl (C=O) groups excluding carboxylic acids is 1. The number of ether oxygens (including phenoxy) is 1. The Morgan fingerprint density at radius 3 is 1.64 bits per heavy atom. The minimum atomic E-state index is -4.35. The van der Waals surface area contributed by atoms with Gasteiger partial charge in [-0.05, 0) is 91.8 Å². The van der Waals surface area contributed by atoms with E-state index in [1.807, 2.05) is 48.5 Å². The SMILES string of the molecule is CC(C)(OC(=O)c1ccc([S+](c2ccccc2)c2ccccc2)cc1)c1ccc(SC(F)(F)F)cc1. The van der Waals surface area contributed by atoms with Gasteiger partial charge in [0.25, 0.3) is 0 Å². The lowest BCUT2D eigenvalue weighted by Crippen LogP contribution is -2.25. The van der Waals surface area contributed by atoms with E-state index in [0.29, 0.717) is 11.1 Å². The van der Waals surface area contributed by atoms with Crippen molar-refractivity contribution in [2.24, 2.45) is 0 Å². The van der Waals surface area contributed by atoms with Crippen molar-refractivity contribution < 1.29 is 22.7 Å². The van der Waals surface area contributed by atoms with Gasteiger partial charge in [-0.15, -0.1) is 0 Å². The number of thioether (sulfide) groups is 1. The average Bonchev–Trinajstić information content (AvgIpc) is 2.85. The Bertz CT molecular complexity index is 1250. The average molecular weight is 526 g/mol. The Kier molecular flexibility index (Phi) is 7.81. The number of hydrogen-bond acceptors (Lipinski definition) is 3. The number of esters is 1. The van der Waals surface area contributed by atoms with E-state index in [1.54, 1.807) is 38.1 Å². The van der Waals surface area contributed by atoms with Crippen LogP contribution in [0.15, 0.2) is 129 Å². The molecule has 0 saturated heterocycles. The van der Waals surface area contributed by atoms with Crippen molar-refractivity contribution in [2.75, 3.05) is 0 Å². The number of carbonyl (C=O) groups is 1. The van der Waals surface area contributed by atoms with Gasteiger partial charge in [0.05, 0.1) is 16.5 Å². The van der Waals surface area contributed by atoms with Gasteiger partial charge < -0.3 is 4.74 Å². The van der Waals surface area contributed by atoms with Crippen LogP contribution in [0.2, 0.25) is 0 Å². The highest BCUT2D eigenvalue weighted by molar-refractivity contribution is 8.00. The monoisotopic (exact) mass is 525 g/mol. The molecule has 0 fully saturated rings. The molecule has 2 nitrogen and oxygen atoms in total. The minimum absolute atomic E-state index is 0.0798. The Balaban J connectivity index is 1.52. The molecule has 0 amide bonds. The van der Waals surface area contributed by atoms with Gasteiger partial charge >= 0.3 is 11.5 Å². The smallest absolute Gasteiger partial charge is 0.446 e. The van der Waals surface area contributed by atoms with Gasteiger partial charge in [0, 0.05) is 4.90 Å². The molecule has 4 rings (SSSR count). The van der Waals surface area contributed by atoms with E-state index in [2.05, 4.69) is 24.3 Å². The van der Waals surface area contributed by atoms with Crippen LogP contribution in [-0.4, -0.2) is 11.5 Å². The molecular formula is C29H24F3O2S2+. The molecule has 184 valence electrons. The lowest BCUT2D eigenvalue weighted by molar-refractivity contribution is -0.0328. The van der Waals surface area contributed by atoms with Crippen LogP contribution in [0.5, 0.6) is 0 Å². The van der Waals surface area contributed by atoms with Crippen molar-refractivity contribution in [1.29, 1.82) is 0 Å². The lowest BCUT2D eigenvalue weighted by Gasteiger charge is -2.26. The summed E-state index contributed by atoms with van der Waals surface area (Å²) < 4.78 is 43.6. The zero-order valence-electron chi connectivity index (χ0n) is 19.7. The summed E-state index contributed by atoms with van der Waals surface area (Å²) in [6.45, 7) is 3.43. The highest BCUT2D eigenvalue weighted by atomic mass is 32.2. The lowest BCUT2D eigenvalue weighted by atomic mass is 9.98. The molecule has 0 unspecified atom stereocenters. The van der Waals surface area contributed by atoms with Gasteiger partial charge in [-0.1, -0.05) is 48.5 Å². The minimum Gasteiger partial charge on any atom is -0.451 e. The van der Waals surface area contributed by atoms with Gasteiger partial charge in [-0.2, -0.15) is 13.2 Å². The molecule has 0 aliphatic heterocycles. The quantitative estimate of drug-likeness (QED) is 0.137. The molecule has 0 bridgehead atoms. The summed E-state index contributed by atoms with van der Waals surface area (Å²) in [6.07, 6.45) is 0. The molecule has 0 aliphatic rings. The summed E-state index contributed by atoms with van der Waals surface area (Å²) in [7, 11) is -0.329. The standard InChI is InChI=1S/C29H24F3O2S2/c1-28(2,22-15-17-23(18-16-22)35-29(30,31)32)34-27(33)21-13-19-26(20-14-21)36(24-9-5-3-6-10-24)25-11-7-4-8-12-25/h3-20H,1-2H3/q+1. The molecular weight excluding hydrogens is 501 g/mol. The fraction of sp³-hybridized carbons (Fsp3) is 0.138. The number of hydrogen-bond donors (Lipinski definition) is 0. The Morgan fingerprint density at radius 1 is 0.694 bits per heavy atom. The first-order valence-electron chi connectivity index (χ1n) is 11.2. The molecule has 4 aromatic carbocycles. The highest BCUT2D eigenvalue weighted by Gasteiger charge is 2.31. The van der Waals surface area contributed by atoms with Crippen LogP contribution >= 0.6 is 11.8 Å². The topological polar surface area (TPSA) is 26.3 Å². The van der Waals surface area contributed by atoms with E-state index in [4.69, 9.17) is 4.74 Å². The van der Waals surface area contributed by atoms with Gasteiger partial charge in [-0.25, -0.2) is 4.79 Å². The second-order valence-corrected chi connectivity index (χ2v) is 11.6. The molecule has 0 saturated carbocycles. The first kappa shape index (κ1) is 25.9. The summed E-state index contributed by atoms with van der Waals surface area (Å²) in [5.74, 6) is -0.500. The van der Waals surface area contributed by atoms with Crippen LogP contribution in [0.4, 0.5) is 13.2 Å². The Hall–Kier alpha value is -3.16. The zero-order chi connectivity index (χ0) is 25.8. The zero-order valence-corrected chi connectivity index (χ0v) is 21.3. The van der Waals surface area contributed by atoms with E-state index in [-0.39, 0.29) is 27.6 Å². The maximum atomic E-state index is 12.9. The van der Waals surface area contributed by atoms with Crippen molar-refractivity contribution in [3.63, 3.8) is 0 Å². The van der Waals surface area contributed by atoms with Crippen molar-refractivity contribution in [3.05, 3.63) is 120 Å². The third-order valence-corrected chi connectivity index (χ3v) is 8.38. The number of halogens is 3. The Labute approximate surface area is 215 Å². The van der Waals surface area contributed by atoms with E-state index < -0.39 is 17.1 Å². The van der Waals surface area contributed by atoms with Crippen LogP contribution in [0.1, 0.15) is 29.8 Å². The van der Waals surface area contributed by atoms with Crippen LogP contribution in [0.3, 0.4) is 0 Å².